The van der Waals surface area contributed by atoms with Crippen molar-refractivity contribution in [3.05, 3.63) is 34.3 Å². The summed E-state index contributed by atoms with van der Waals surface area (Å²) in [5.74, 6) is -1.51. The first-order valence-electron chi connectivity index (χ1n) is 4.69. The molecule has 0 saturated carbocycles. The number of hydrogen-bond acceptors (Lipinski definition) is 3. The van der Waals surface area contributed by atoms with Crippen LogP contribution >= 0.6 is 23.2 Å². The number of carboxylic acid groups (broad SMARTS) is 1. The molecule has 96 valence electrons. The minimum atomic E-state index is -1.21. The lowest BCUT2D eigenvalue weighted by Crippen LogP contribution is -2.08. The summed E-state index contributed by atoms with van der Waals surface area (Å²) < 4.78 is 4.95. The van der Waals surface area contributed by atoms with E-state index in [2.05, 4.69) is 5.32 Å². The van der Waals surface area contributed by atoms with Gasteiger partial charge >= 0.3 is 5.97 Å². The number of carbonyl (C=O) groups excluding carboxylic acids is 1. The fourth-order valence-corrected chi connectivity index (χ4v) is 1.80. The van der Waals surface area contributed by atoms with Crippen LogP contribution in [0.2, 0.25) is 10.0 Å². The largest absolute Gasteiger partial charge is 0.494 e. The normalized spacial score (nSPS) is 10.4. The molecule has 18 heavy (non-hydrogen) atoms. The average molecular weight is 290 g/mol. The number of rotatable bonds is 4. The number of methoxy groups -OCH3 is 1. The van der Waals surface area contributed by atoms with E-state index < -0.39 is 11.9 Å². The Kier molecular flexibility index (Phi) is 5.00. The standard InChI is InChI=1S/C11H9Cl2NO4/c1-18-11-7(12)4-6(5-8(11)13)14-9(15)2-3-10(16)17/h2-5H,1H3,(H,14,15)(H,16,17)/b3-2+. The Morgan fingerprint density at radius 3 is 2.28 bits per heavy atom. The summed E-state index contributed by atoms with van der Waals surface area (Å²) >= 11 is 11.7. The van der Waals surface area contributed by atoms with Crippen LogP contribution in [-0.4, -0.2) is 24.1 Å². The van der Waals surface area contributed by atoms with Crippen molar-refractivity contribution in [1.82, 2.24) is 0 Å². The lowest BCUT2D eigenvalue weighted by molar-refractivity contribution is -0.131. The summed E-state index contributed by atoms with van der Waals surface area (Å²) in [5, 5.41) is 11.3. The van der Waals surface area contributed by atoms with E-state index in [9.17, 15) is 9.59 Å². The molecule has 0 aliphatic carbocycles. The Bertz CT molecular complexity index is 491. The number of carboxylic acids is 1. The lowest BCUT2D eigenvalue weighted by atomic mass is 10.3. The molecule has 0 aliphatic heterocycles. The van der Waals surface area contributed by atoms with Gasteiger partial charge in [0.05, 0.1) is 17.2 Å². The van der Waals surface area contributed by atoms with Gasteiger partial charge < -0.3 is 15.2 Å². The van der Waals surface area contributed by atoms with E-state index in [0.717, 1.165) is 12.2 Å². The van der Waals surface area contributed by atoms with Crippen molar-refractivity contribution in [3.8, 4) is 5.75 Å². The minimum Gasteiger partial charge on any atom is -0.494 e. The van der Waals surface area contributed by atoms with Crippen molar-refractivity contribution in [2.45, 2.75) is 0 Å². The fraction of sp³-hybridized carbons (Fsp3) is 0.0909. The summed E-state index contributed by atoms with van der Waals surface area (Å²) in [6, 6.07) is 2.89. The van der Waals surface area contributed by atoms with Crippen molar-refractivity contribution >= 4 is 40.8 Å². The van der Waals surface area contributed by atoms with Crippen LogP contribution in [0.1, 0.15) is 0 Å². The first-order chi connectivity index (χ1) is 8.43. The molecule has 1 rings (SSSR count). The number of amides is 1. The monoisotopic (exact) mass is 289 g/mol. The zero-order valence-corrected chi connectivity index (χ0v) is 10.7. The van der Waals surface area contributed by atoms with Crippen molar-refractivity contribution in [2.75, 3.05) is 12.4 Å². The lowest BCUT2D eigenvalue weighted by Gasteiger charge is -2.08. The number of hydrogen-bond donors (Lipinski definition) is 2. The van der Waals surface area contributed by atoms with E-state index in [0.29, 0.717) is 11.4 Å². The average Bonchev–Trinajstić information content (AvgIpc) is 2.26. The number of benzene rings is 1. The van der Waals surface area contributed by atoms with Gasteiger partial charge in [-0.25, -0.2) is 4.79 Å². The molecule has 5 nitrogen and oxygen atoms in total. The molecule has 2 N–H and O–H groups in total. The number of ether oxygens (including phenoxy) is 1. The molecule has 0 aliphatic rings. The summed E-state index contributed by atoms with van der Waals surface area (Å²) in [7, 11) is 1.42. The number of anilines is 1. The SMILES string of the molecule is COc1c(Cl)cc(NC(=O)/C=C/C(=O)O)cc1Cl. The first kappa shape index (κ1) is 14.3. The molecule has 0 spiro atoms. The van der Waals surface area contributed by atoms with Crippen molar-refractivity contribution < 1.29 is 19.4 Å². The first-order valence-corrected chi connectivity index (χ1v) is 5.44. The maximum Gasteiger partial charge on any atom is 0.328 e. The second kappa shape index (κ2) is 6.28. The van der Waals surface area contributed by atoms with E-state index in [1.807, 2.05) is 0 Å². The second-order valence-corrected chi connectivity index (χ2v) is 3.95. The molecular weight excluding hydrogens is 281 g/mol. The fourth-order valence-electron chi connectivity index (χ4n) is 1.16. The molecule has 0 aromatic heterocycles. The van der Waals surface area contributed by atoms with Gasteiger partial charge in [-0.05, 0) is 12.1 Å². The summed E-state index contributed by atoms with van der Waals surface area (Å²) in [5.41, 5.74) is 0.339. The molecule has 7 heteroatoms. The third-order valence-corrected chi connectivity index (χ3v) is 2.41. The van der Waals surface area contributed by atoms with Gasteiger partial charge in [-0.1, -0.05) is 23.2 Å². The van der Waals surface area contributed by atoms with Gasteiger partial charge in [-0.15, -0.1) is 0 Å². The third kappa shape index (κ3) is 3.94. The Morgan fingerprint density at radius 1 is 1.28 bits per heavy atom. The Hall–Kier alpha value is -1.72. The molecule has 0 atom stereocenters. The predicted molar refractivity (Wildman–Crippen MR) is 68.4 cm³/mol. The van der Waals surface area contributed by atoms with Crippen LogP contribution in [0.3, 0.4) is 0 Å². The zero-order chi connectivity index (χ0) is 13.7. The van der Waals surface area contributed by atoms with Crippen LogP contribution in [-0.2, 0) is 9.59 Å². The molecule has 0 saturated heterocycles. The van der Waals surface area contributed by atoms with Crippen LogP contribution in [0.25, 0.3) is 0 Å². The van der Waals surface area contributed by atoms with Crippen LogP contribution in [0.4, 0.5) is 5.69 Å². The molecule has 1 aromatic carbocycles. The summed E-state index contributed by atoms with van der Waals surface area (Å²) in [6.07, 6.45) is 1.61. The predicted octanol–water partition coefficient (Wildman–Crippen LogP) is 2.58. The Morgan fingerprint density at radius 2 is 1.83 bits per heavy atom. The van der Waals surface area contributed by atoms with Gasteiger partial charge in [0.1, 0.15) is 0 Å². The van der Waals surface area contributed by atoms with E-state index in [4.69, 9.17) is 33.0 Å². The third-order valence-electron chi connectivity index (χ3n) is 1.85. The number of nitrogens with one attached hydrogen (secondary N) is 1. The van der Waals surface area contributed by atoms with Crippen LogP contribution in [0, 0.1) is 0 Å². The van der Waals surface area contributed by atoms with Gasteiger partial charge in [0.2, 0.25) is 5.91 Å². The summed E-state index contributed by atoms with van der Waals surface area (Å²) in [6.45, 7) is 0. The van der Waals surface area contributed by atoms with Crippen LogP contribution in [0.5, 0.6) is 5.75 Å². The molecule has 0 bridgehead atoms. The number of carbonyl (C=O) groups is 2. The highest BCUT2D eigenvalue weighted by atomic mass is 35.5. The van der Waals surface area contributed by atoms with Gasteiger partial charge in [0, 0.05) is 17.8 Å². The molecule has 1 amide bonds. The number of aliphatic carboxylic acids is 1. The van der Waals surface area contributed by atoms with E-state index in [1.165, 1.54) is 19.2 Å². The molecule has 0 unspecified atom stereocenters. The quantitative estimate of drug-likeness (QED) is 0.836. The zero-order valence-electron chi connectivity index (χ0n) is 9.24. The van der Waals surface area contributed by atoms with E-state index in [-0.39, 0.29) is 10.0 Å². The molecular formula is C11H9Cl2NO4. The molecule has 0 fully saturated rings. The molecule has 0 heterocycles. The highest BCUT2D eigenvalue weighted by molar-refractivity contribution is 6.37. The van der Waals surface area contributed by atoms with Gasteiger partial charge in [-0.3, -0.25) is 4.79 Å². The van der Waals surface area contributed by atoms with Gasteiger partial charge in [0.25, 0.3) is 0 Å². The number of halogens is 2. The molecule has 1 aromatic rings. The van der Waals surface area contributed by atoms with E-state index in [1.54, 1.807) is 0 Å². The second-order valence-electron chi connectivity index (χ2n) is 3.13. The Balaban J connectivity index is 2.86. The summed E-state index contributed by atoms with van der Waals surface area (Å²) in [4.78, 5) is 21.5. The Labute approximate surface area is 113 Å². The smallest absolute Gasteiger partial charge is 0.328 e. The molecule has 0 radical (unpaired) electrons. The van der Waals surface area contributed by atoms with Crippen molar-refractivity contribution in [2.24, 2.45) is 0 Å². The van der Waals surface area contributed by atoms with Gasteiger partial charge in [0.15, 0.2) is 5.75 Å². The van der Waals surface area contributed by atoms with E-state index >= 15 is 0 Å². The topological polar surface area (TPSA) is 75.6 Å². The van der Waals surface area contributed by atoms with Crippen LogP contribution < -0.4 is 10.1 Å². The highest BCUT2D eigenvalue weighted by Gasteiger charge is 2.09. The maximum atomic E-state index is 11.3. The van der Waals surface area contributed by atoms with Crippen molar-refractivity contribution in [1.29, 1.82) is 0 Å². The minimum absolute atomic E-state index is 0.238. The van der Waals surface area contributed by atoms with Crippen molar-refractivity contribution in [3.63, 3.8) is 0 Å². The maximum absolute atomic E-state index is 11.3. The van der Waals surface area contributed by atoms with Gasteiger partial charge in [-0.2, -0.15) is 0 Å². The van der Waals surface area contributed by atoms with Crippen LogP contribution in [0.15, 0.2) is 24.3 Å². The highest BCUT2D eigenvalue weighted by Crippen LogP contribution is 2.35.